The number of rotatable bonds is 4. The predicted octanol–water partition coefficient (Wildman–Crippen LogP) is 5.51. The first-order chi connectivity index (χ1) is 9.47. The minimum atomic E-state index is 0.173. The van der Waals surface area contributed by atoms with Gasteiger partial charge in [-0.2, -0.15) is 0 Å². The van der Waals surface area contributed by atoms with Crippen LogP contribution in [-0.4, -0.2) is 6.29 Å². The van der Waals surface area contributed by atoms with E-state index in [1.54, 1.807) is 6.07 Å². The molecule has 0 aliphatic rings. The Morgan fingerprint density at radius 1 is 1.10 bits per heavy atom. The number of halogens is 1. The first kappa shape index (κ1) is 14.8. The Balaban J connectivity index is 2.43. The molecular weight excluding hydrogens is 268 g/mol. The van der Waals surface area contributed by atoms with Crippen LogP contribution in [0.1, 0.15) is 43.1 Å². The maximum atomic E-state index is 11.2. The Bertz CT molecular complexity index is 612. The fourth-order valence-electron chi connectivity index (χ4n) is 2.20. The first-order valence-corrected chi connectivity index (χ1v) is 7.21. The van der Waals surface area contributed by atoms with Gasteiger partial charge in [0.05, 0.1) is 0 Å². The summed E-state index contributed by atoms with van der Waals surface area (Å²) in [5.74, 6) is 0. The van der Waals surface area contributed by atoms with Crippen LogP contribution in [0, 0.1) is 0 Å². The molecule has 0 N–H and O–H groups in total. The van der Waals surface area contributed by atoms with E-state index in [0.717, 1.165) is 23.8 Å². The molecule has 0 heterocycles. The monoisotopic (exact) mass is 286 g/mol. The van der Waals surface area contributed by atoms with E-state index in [1.165, 1.54) is 5.56 Å². The highest BCUT2D eigenvalue weighted by molar-refractivity contribution is 6.31. The fourth-order valence-corrected chi connectivity index (χ4v) is 2.38. The van der Waals surface area contributed by atoms with Crippen LogP contribution in [0.15, 0.2) is 42.5 Å². The molecule has 0 atom stereocenters. The van der Waals surface area contributed by atoms with E-state index in [-0.39, 0.29) is 5.41 Å². The maximum Gasteiger partial charge on any atom is 0.150 e. The summed E-state index contributed by atoms with van der Waals surface area (Å²) in [6, 6.07) is 13.8. The van der Waals surface area contributed by atoms with E-state index in [0.29, 0.717) is 10.6 Å². The Morgan fingerprint density at radius 2 is 1.75 bits per heavy atom. The lowest BCUT2D eigenvalue weighted by Gasteiger charge is -2.23. The Morgan fingerprint density at radius 3 is 2.30 bits per heavy atom. The summed E-state index contributed by atoms with van der Waals surface area (Å²) in [6.07, 6.45) is 1.94. The molecule has 2 aromatic rings. The van der Waals surface area contributed by atoms with Gasteiger partial charge in [-0.05, 0) is 40.7 Å². The maximum absolute atomic E-state index is 11.2. The van der Waals surface area contributed by atoms with Crippen molar-refractivity contribution in [2.24, 2.45) is 0 Å². The summed E-state index contributed by atoms with van der Waals surface area (Å²) in [5, 5.41) is 0.583. The van der Waals surface area contributed by atoms with Crippen molar-refractivity contribution >= 4 is 17.9 Å². The van der Waals surface area contributed by atoms with Gasteiger partial charge in [-0.3, -0.25) is 4.79 Å². The average Bonchev–Trinajstić information content (AvgIpc) is 2.47. The van der Waals surface area contributed by atoms with Crippen molar-refractivity contribution in [1.29, 1.82) is 0 Å². The van der Waals surface area contributed by atoms with Crippen LogP contribution in [0.2, 0.25) is 5.02 Å². The highest BCUT2D eigenvalue weighted by atomic mass is 35.5. The predicted molar refractivity (Wildman–Crippen MR) is 85.6 cm³/mol. The van der Waals surface area contributed by atoms with Crippen molar-refractivity contribution in [2.75, 3.05) is 0 Å². The van der Waals surface area contributed by atoms with E-state index < -0.39 is 0 Å². The van der Waals surface area contributed by atoms with E-state index >= 15 is 0 Å². The van der Waals surface area contributed by atoms with Crippen molar-refractivity contribution < 1.29 is 4.79 Å². The summed E-state index contributed by atoms with van der Waals surface area (Å²) in [7, 11) is 0. The standard InChI is InChI=1S/C18H19ClO/c1-4-18(2,3)15-7-5-13(6-8-15)17-10-9-16(19)11-14(17)12-20/h5-12H,4H2,1-3H3. The van der Waals surface area contributed by atoms with Crippen molar-refractivity contribution in [2.45, 2.75) is 32.6 Å². The molecule has 2 heteroatoms. The van der Waals surface area contributed by atoms with E-state index in [4.69, 9.17) is 11.6 Å². The topological polar surface area (TPSA) is 17.1 Å². The van der Waals surface area contributed by atoms with Crippen molar-refractivity contribution in [3.63, 3.8) is 0 Å². The van der Waals surface area contributed by atoms with E-state index in [1.807, 2.05) is 12.1 Å². The molecule has 0 aromatic heterocycles. The lowest BCUT2D eigenvalue weighted by Crippen LogP contribution is -2.14. The molecule has 20 heavy (non-hydrogen) atoms. The van der Waals surface area contributed by atoms with Gasteiger partial charge < -0.3 is 0 Å². The van der Waals surface area contributed by atoms with Crippen molar-refractivity contribution in [3.8, 4) is 11.1 Å². The molecule has 104 valence electrons. The average molecular weight is 287 g/mol. The second kappa shape index (κ2) is 5.80. The molecule has 0 bridgehead atoms. The third kappa shape index (κ3) is 2.94. The molecular formula is C18H19ClO. The summed E-state index contributed by atoms with van der Waals surface area (Å²) < 4.78 is 0. The third-order valence-electron chi connectivity index (χ3n) is 4.00. The quantitative estimate of drug-likeness (QED) is 0.678. The number of benzene rings is 2. The van der Waals surface area contributed by atoms with Crippen LogP contribution >= 0.6 is 11.6 Å². The Kier molecular flexibility index (Phi) is 4.29. The minimum Gasteiger partial charge on any atom is -0.298 e. The number of hydrogen-bond donors (Lipinski definition) is 0. The second-order valence-corrected chi connectivity index (χ2v) is 6.10. The molecule has 0 saturated heterocycles. The van der Waals surface area contributed by atoms with Gasteiger partial charge in [0.2, 0.25) is 0 Å². The molecule has 0 aliphatic heterocycles. The highest BCUT2D eigenvalue weighted by Crippen LogP contribution is 2.30. The highest BCUT2D eigenvalue weighted by Gasteiger charge is 2.17. The van der Waals surface area contributed by atoms with Gasteiger partial charge in [0.15, 0.2) is 6.29 Å². The van der Waals surface area contributed by atoms with Gasteiger partial charge in [0.1, 0.15) is 0 Å². The van der Waals surface area contributed by atoms with Crippen LogP contribution < -0.4 is 0 Å². The normalized spacial score (nSPS) is 11.4. The third-order valence-corrected chi connectivity index (χ3v) is 4.24. The van der Waals surface area contributed by atoms with Crippen LogP contribution in [-0.2, 0) is 5.41 Å². The number of carbonyl (C=O) groups excluding carboxylic acids is 1. The van der Waals surface area contributed by atoms with Gasteiger partial charge in [-0.1, -0.05) is 62.7 Å². The number of hydrogen-bond acceptors (Lipinski definition) is 1. The molecule has 0 amide bonds. The first-order valence-electron chi connectivity index (χ1n) is 6.83. The number of carbonyl (C=O) groups is 1. The SMILES string of the molecule is CCC(C)(C)c1ccc(-c2ccc(Cl)cc2C=O)cc1. The fraction of sp³-hybridized carbons (Fsp3) is 0.278. The largest absolute Gasteiger partial charge is 0.298 e. The zero-order valence-electron chi connectivity index (χ0n) is 12.1. The van der Waals surface area contributed by atoms with Crippen molar-refractivity contribution in [1.82, 2.24) is 0 Å². The zero-order chi connectivity index (χ0) is 14.8. The molecule has 1 nitrogen and oxygen atoms in total. The molecule has 2 rings (SSSR count). The molecule has 0 aliphatic carbocycles. The smallest absolute Gasteiger partial charge is 0.150 e. The molecule has 0 spiro atoms. The molecule has 0 radical (unpaired) electrons. The Hall–Kier alpha value is -1.60. The van der Waals surface area contributed by atoms with Crippen LogP contribution in [0.5, 0.6) is 0 Å². The summed E-state index contributed by atoms with van der Waals surface area (Å²) in [6.45, 7) is 6.67. The van der Waals surface area contributed by atoms with E-state index in [9.17, 15) is 4.79 Å². The summed E-state index contributed by atoms with van der Waals surface area (Å²) in [4.78, 5) is 11.2. The van der Waals surface area contributed by atoms with Gasteiger partial charge in [0, 0.05) is 10.6 Å². The van der Waals surface area contributed by atoms with Crippen LogP contribution in [0.3, 0.4) is 0 Å². The van der Waals surface area contributed by atoms with Gasteiger partial charge in [-0.15, -0.1) is 0 Å². The van der Waals surface area contributed by atoms with E-state index in [2.05, 4.69) is 45.0 Å². The Labute approximate surface area is 125 Å². The summed E-state index contributed by atoms with van der Waals surface area (Å²) >= 11 is 5.93. The van der Waals surface area contributed by atoms with Crippen LogP contribution in [0.25, 0.3) is 11.1 Å². The summed E-state index contributed by atoms with van der Waals surface area (Å²) in [5.41, 5.74) is 4.07. The van der Waals surface area contributed by atoms with Gasteiger partial charge in [0.25, 0.3) is 0 Å². The van der Waals surface area contributed by atoms with Crippen LogP contribution in [0.4, 0.5) is 0 Å². The lowest BCUT2D eigenvalue weighted by atomic mass is 9.81. The molecule has 0 unspecified atom stereocenters. The molecule has 2 aromatic carbocycles. The lowest BCUT2D eigenvalue weighted by molar-refractivity contribution is 0.112. The van der Waals surface area contributed by atoms with Gasteiger partial charge in [-0.25, -0.2) is 0 Å². The molecule has 0 saturated carbocycles. The van der Waals surface area contributed by atoms with Gasteiger partial charge >= 0.3 is 0 Å². The second-order valence-electron chi connectivity index (χ2n) is 5.66. The minimum absolute atomic E-state index is 0.173. The molecule has 0 fully saturated rings. The zero-order valence-corrected chi connectivity index (χ0v) is 12.9. The number of aldehydes is 1. The van der Waals surface area contributed by atoms with Crippen molar-refractivity contribution in [3.05, 3.63) is 58.6 Å².